The zero-order chi connectivity index (χ0) is 24.0. The quantitative estimate of drug-likeness (QED) is 0.553. The monoisotopic (exact) mass is 482 g/mol. The van der Waals surface area contributed by atoms with Gasteiger partial charge in [0.15, 0.2) is 11.5 Å². The van der Waals surface area contributed by atoms with E-state index in [0.29, 0.717) is 47.3 Å². The van der Waals surface area contributed by atoms with Crippen molar-refractivity contribution in [1.29, 1.82) is 0 Å². The fourth-order valence-electron chi connectivity index (χ4n) is 3.79. The van der Waals surface area contributed by atoms with Crippen LogP contribution in [0.2, 0.25) is 5.02 Å². The Labute approximate surface area is 196 Å². The van der Waals surface area contributed by atoms with E-state index in [9.17, 15) is 18.0 Å². The van der Waals surface area contributed by atoms with Crippen molar-refractivity contribution in [3.05, 3.63) is 64.2 Å². The van der Waals surface area contributed by atoms with Gasteiger partial charge in [-0.3, -0.25) is 9.69 Å². The van der Waals surface area contributed by atoms with Crippen LogP contribution in [-0.2, 0) is 17.5 Å². The lowest BCUT2D eigenvalue weighted by Crippen LogP contribution is -2.43. The first kappa shape index (κ1) is 24.9. The molecule has 33 heavy (non-hydrogen) atoms. The van der Waals surface area contributed by atoms with Gasteiger partial charge in [0.2, 0.25) is 5.91 Å². The summed E-state index contributed by atoms with van der Waals surface area (Å²) in [4.78, 5) is 14.4. The highest BCUT2D eigenvalue weighted by Crippen LogP contribution is 2.36. The maximum absolute atomic E-state index is 12.9. The minimum Gasteiger partial charge on any atom is -0.493 e. The fourth-order valence-corrected chi connectivity index (χ4v) is 4.09. The molecule has 0 aromatic heterocycles. The molecule has 0 spiro atoms. The van der Waals surface area contributed by atoms with Crippen molar-refractivity contribution in [3.63, 3.8) is 0 Å². The lowest BCUT2D eigenvalue weighted by molar-refractivity contribution is -0.137. The average molecular weight is 483 g/mol. The molecule has 3 rings (SSSR count). The van der Waals surface area contributed by atoms with Gasteiger partial charge in [-0.2, -0.15) is 13.2 Å². The lowest BCUT2D eigenvalue weighted by atomic mass is 10.0. The first-order valence-electron chi connectivity index (χ1n) is 10.5. The Morgan fingerprint density at radius 1 is 1.18 bits per heavy atom. The number of benzene rings is 2. The van der Waals surface area contributed by atoms with Gasteiger partial charge < -0.3 is 14.8 Å². The van der Waals surface area contributed by atoms with Crippen LogP contribution in [0.3, 0.4) is 0 Å². The van der Waals surface area contributed by atoms with Crippen molar-refractivity contribution in [3.8, 4) is 11.5 Å². The number of likely N-dealkylation sites (tertiary alicyclic amines) is 1. The van der Waals surface area contributed by atoms with E-state index in [-0.39, 0.29) is 11.9 Å². The van der Waals surface area contributed by atoms with E-state index >= 15 is 0 Å². The second-order valence-electron chi connectivity index (χ2n) is 7.83. The first-order chi connectivity index (χ1) is 15.7. The Morgan fingerprint density at radius 3 is 2.55 bits per heavy atom. The number of carbonyl (C=O) groups is 1. The highest BCUT2D eigenvalue weighted by Gasteiger charge is 2.30. The van der Waals surface area contributed by atoms with Gasteiger partial charge in [-0.1, -0.05) is 29.8 Å². The van der Waals surface area contributed by atoms with Gasteiger partial charge in [0.05, 0.1) is 24.8 Å². The summed E-state index contributed by atoms with van der Waals surface area (Å²) < 4.78 is 49.2. The SMILES string of the molecule is COc1cc(/C=C/C(=O)NC2CCN(Cc3cccc(C(F)(F)F)c3)CC2)cc(Cl)c1OC. The van der Waals surface area contributed by atoms with Crippen LogP contribution >= 0.6 is 11.6 Å². The Balaban J connectivity index is 1.50. The summed E-state index contributed by atoms with van der Waals surface area (Å²) in [7, 11) is 3.01. The van der Waals surface area contributed by atoms with Gasteiger partial charge in [-0.25, -0.2) is 0 Å². The number of halogens is 4. The van der Waals surface area contributed by atoms with E-state index in [1.807, 2.05) is 0 Å². The molecule has 178 valence electrons. The smallest absolute Gasteiger partial charge is 0.416 e. The summed E-state index contributed by atoms with van der Waals surface area (Å²) in [5, 5.41) is 3.36. The molecule has 1 aliphatic heterocycles. The number of ether oxygens (including phenoxy) is 2. The largest absolute Gasteiger partial charge is 0.493 e. The van der Waals surface area contributed by atoms with Gasteiger partial charge in [-0.15, -0.1) is 0 Å². The molecule has 0 bridgehead atoms. The van der Waals surface area contributed by atoms with Crippen molar-refractivity contribution < 1.29 is 27.4 Å². The van der Waals surface area contributed by atoms with Crippen LogP contribution in [0.4, 0.5) is 13.2 Å². The molecule has 5 nitrogen and oxygen atoms in total. The summed E-state index contributed by atoms with van der Waals surface area (Å²) in [5.41, 5.74) is 0.692. The van der Waals surface area contributed by atoms with Gasteiger partial charge in [0.25, 0.3) is 0 Å². The molecule has 0 saturated carbocycles. The maximum Gasteiger partial charge on any atom is 0.416 e. The number of carbonyl (C=O) groups excluding carboxylic acids is 1. The molecule has 1 aliphatic rings. The Bertz CT molecular complexity index is 1000. The van der Waals surface area contributed by atoms with Crippen molar-refractivity contribution in [2.75, 3.05) is 27.3 Å². The van der Waals surface area contributed by atoms with Crippen LogP contribution in [0, 0.1) is 0 Å². The molecule has 1 heterocycles. The number of hydrogen-bond donors (Lipinski definition) is 1. The summed E-state index contributed by atoms with van der Waals surface area (Å²) in [6.07, 6.45) is 0.184. The second-order valence-corrected chi connectivity index (χ2v) is 8.24. The van der Waals surface area contributed by atoms with E-state index in [0.717, 1.165) is 18.9 Å². The highest BCUT2D eigenvalue weighted by atomic mass is 35.5. The number of nitrogens with one attached hydrogen (secondary N) is 1. The number of nitrogens with zero attached hydrogens (tertiary/aromatic N) is 1. The van der Waals surface area contributed by atoms with Crippen LogP contribution in [-0.4, -0.2) is 44.2 Å². The minimum absolute atomic E-state index is 0.00824. The fraction of sp³-hybridized carbons (Fsp3) is 0.375. The van der Waals surface area contributed by atoms with E-state index in [1.165, 1.54) is 32.4 Å². The van der Waals surface area contributed by atoms with Crippen LogP contribution in [0.25, 0.3) is 6.08 Å². The van der Waals surface area contributed by atoms with Crippen LogP contribution in [0.15, 0.2) is 42.5 Å². The molecular weight excluding hydrogens is 457 g/mol. The topological polar surface area (TPSA) is 50.8 Å². The number of alkyl halides is 3. The molecule has 1 fully saturated rings. The predicted octanol–water partition coefficient (Wildman–Crippen LogP) is 5.17. The van der Waals surface area contributed by atoms with E-state index < -0.39 is 11.7 Å². The molecule has 2 aromatic carbocycles. The van der Waals surface area contributed by atoms with Crippen LogP contribution in [0.1, 0.15) is 29.5 Å². The van der Waals surface area contributed by atoms with Gasteiger partial charge in [0.1, 0.15) is 0 Å². The molecule has 0 radical (unpaired) electrons. The summed E-state index contributed by atoms with van der Waals surface area (Å²) in [6.45, 7) is 1.83. The maximum atomic E-state index is 12.9. The number of rotatable bonds is 7. The van der Waals surface area contributed by atoms with E-state index in [4.69, 9.17) is 21.1 Å². The number of methoxy groups -OCH3 is 2. The summed E-state index contributed by atoms with van der Waals surface area (Å²) in [5.74, 6) is 0.674. The minimum atomic E-state index is -4.34. The number of piperidine rings is 1. The molecular formula is C24H26ClF3N2O3. The summed E-state index contributed by atoms with van der Waals surface area (Å²) in [6, 6.07) is 8.82. The zero-order valence-corrected chi connectivity index (χ0v) is 19.2. The van der Waals surface area contributed by atoms with Crippen molar-refractivity contribution in [1.82, 2.24) is 10.2 Å². The summed E-state index contributed by atoms with van der Waals surface area (Å²) >= 11 is 6.19. The Morgan fingerprint density at radius 2 is 1.91 bits per heavy atom. The molecule has 0 aliphatic carbocycles. The third kappa shape index (κ3) is 6.88. The van der Waals surface area contributed by atoms with Gasteiger partial charge in [0, 0.05) is 31.8 Å². The van der Waals surface area contributed by atoms with E-state index in [1.54, 1.807) is 24.3 Å². The Kier molecular flexibility index (Phi) is 8.26. The van der Waals surface area contributed by atoms with Crippen molar-refractivity contribution >= 4 is 23.6 Å². The number of hydrogen-bond acceptors (Lipinski definition) is 4. The zero-order valence-electron chi connectivity index (χ0n) is 18.4. The lowest BCUT2D eigenvalue weighted by Gasteiger charge is -2.32. The average Bonchev–Trinajstić information content (AvgIpc) is 2.78. The Hall–Kier alpha value is -2.71. The number of amides is 1. The normalized spacial score (nSPS) is 15.6. The third-order valence-electron chi connectivity index (χ3n) is 5.48. The van der Waals surface area contributed by atoms with Crippen molar-refractivity contribution in [2.45, 2.75) is 31.6 Å². The van der Waals surface area contributed by atoms with Crippen molar-refractivity contribution in [2.24, 2.45) is 0 Å². The predicted molar refractivity (Wildman–Crippen MR) is 121 cm³/mol. The van der Waals surface area contributed by atoms with E-state index in [2.05, 4.69) is 10.2 Å². The highest BCUT2D eigenvalue weighted by molar-refractivity contribution is 6.32. The molecule has 0 atom stereocenters. The molecule has 9 heteroatoms. The molecule has 1 N–H and O–H groups in total. The molecule has 0 unspecified atom stereocenters. The van der Waals surface area contributed by atoms with Crippen LogP contribution in [0.5, 0.6) is 11.5 Å². The van der Waals surface area contributed by atoms with Gasteiger partial charge >= 0.3 is 6.18 Å². The third-order valence-corrected chi connectivity index (χ3v) is 5.76. The standard InChI is InChI=1S/C24H26ClF3N2O3/c1-32-21-14-16(13-20(25)23(21)33-2)6-7-22(31)29-19-8-10-30(11-9-19)15-17-4-3-5-18(12-17)24(26,27)28/h3-7,12-14,19H,8-11,15H2,1-2H3,(H,29,31)/b7-6+. The molecule has 2 aromatic rings. The van der Waals surface area contributed by atoms with Gasteiger partial charge in [-0.05, 0) is 48.2 Å². The molecule has 1 saturated heterocycles. The van der Waals surface area contributed by atoms with Crippen LogP contribution < -0.4 is 14.8 Å². The first-order valence-corrected chi connectivity index (χ1v) is 10.9. The second kappa shape index (κ2) is 10.9. The molecule has 1 amide bonds.